The van der Waals surface area contributed by atoms with Gasteiger partial charge in [-0.3, -0.25) is 4.68 Å². The number of aryl methyl sites for hydroxylation is 1. The van der Waals surface area contributed by atoms with E-state index in [1.807, 2.05) is 25.3 Å². The van der Waals surface area contributed by atoms with Crippen molar-refractivity contribution in [2.75, 3.05) is 11.9 Å². The van der Waals surface area contributed by atoms with Crippen molar-refractivity contribution in [1.29, 1.82) is 0 Å². The summed E-state index contributed by atoms with van der Waals surface area (Å²) in [5.74, 6) is 1.55. The van der Waals surface area contributed by atoms with Gasteiger partial charge in [-0.2, -0.15) is 4.52 Å². The fourth-order valence-corrected chi connectivity index (χ4v) is 1.64. The fraction of sp³-hybridized carbons (Fsp3) is 0.300. The molecule has 8 nitrogen and oxygen atoms in total. The Morgan fingerprint density at radius 1 is 1.28 bits per heavy atom. The third-order valence-corrected chi connectivity index (χ3v) is 2.54. The van der Waals surface area contributed by atoms with Gasteiger partial charge in [0.1, 0.15) is 5.82 Å². The number of nitrogens with zero attached hydrogens (tertiary/aromatic N) is 7. The quantitative estimate of drug-likeness (QED) is 0.702. The number of nitrogens with one attached hydrogen (secondary N) is 1. The summed E-state index contributed by atoms with van der Waals surface area (Å²) in [4.78, 5) is 0. The normalized spacial score (nSPS) is 10.9. The van der Waals surface area contributed by atoms with Crippen molar-refractivity contribution in [3.8, 4) is 0 Å². The van der Waals surface area contributed by atoms with Crippen LogP contribution < -0.4 is 5.32 Å². The van der Waals surface area contributed by atoms with Crippen LogP contribution in [0.1, 0.15) is 5.82 Å². The van der Waals surface area contributed by atoms with Gasteiger partial charge in [0.15, 0.2) is 11.5 Å². The van der Waals surface area contributed by atoms with Crippen LogP contribution in [0.25, 0.3) is 5.65 Å². The SMILES string of the molecule is Cc1nnc2ccc(NCCn3ccnn3)nn12. The highest BCUT2D eigenvalue weighted by Gasteiger charge is 2.02. The van der Waals surface area contributed by atoms with Gasteiger partial charge >= 0.3 is 0 Å². The van der Waals surface area contributed by atoms with Gasteiger partial charge in [-0.25, -0.2) is 0 Å². The van der Waals surface area contributed by atoms with Gasteiger partial charge in [0.25, 0.3) is 0 Å². The lowest BCUT2D eigenvalue weighted by Gasteiger charge is -2.05. The van der Waals surface area contributed by atoms with Gasteiger partial charge in [-0.05, 0) is 19.1 Å². The van der Waals surface area contributed by atoms with E-state index < -0.39 is 0 Å². The maximum atomic E-state index is 4.39. The van der Waals surface area contributed by atoms with Crippen molar-refractivity contribution in [2.45, 2.75) is 13.5 Å². The lowest BCUT2D eigenvalue weighted by Crippen LogP contribution is -2.12. The van der Waals surface area contributed by atoms with Gasteiger partial charge in [-0.1, -0.05) is 5.21 Å². The van der Waals surface area contributed by atoms with Crippen LogP contribution in [0.2, 0.25) is 0 Å². The first-order valence-corrected chi connectivity index (χ1v) is 5.60. The predicted molar refractivity (Wildman–Crippen MR) is 64.0 cm³/mol. The predicted octanol–water partition coefficient (Wildman–Crippen LogP) is 0.136. The first kappa shape index (κ1) is 10.6. The Morgan fingerprint density at radius 3 is 3.06 bits per heavy atom. The van der Waals surface area contributed by atoms with Gasteiger partial charge in [0, 0.05) is 12.7 Å². The maximum absolute atomic E-state index is 4.39. The Bertz CT molecular complexity index is 641. The van der Waals surface area contributed by atoms with E-state index in [1.165, 1.54) is 0 Å². The molecule has 0 amide bonds. The zero-order valence-corrected chi connectivity index (χ0v) is 9.85. The van der Waals surface area contributed by atoms with Gasteiger partial charge in [0.2, 0.25) is 0 Å². The Morgan fingerprint density at radius 2 is 2.22 bits per heavy atom. The largest absolute Gasteiger partial charge is 0.367 e. The van der Waals surface area contributed by atoms with Gasteiger partial charge < -0.3 is 5.32 Å². The second kappa shape index (κ2) is 4.40. The maximum Gasteiger partial charge on any atom is 0.178 e. The number of hydrogen-bond donors (Lipinski definition) is 1. The molecular formula is C10H12N8. The van der Waals surface area contributed by atoms with E-state index in [0.29, 0.717) is 0 Å². The summed E-state index contributed by atoms with van der Waals surface area (Å²) in [6.45, 7) is 3.33. The molecule has 3 rings (SSSR count). The van der Waals surface area contributed by atoms with Crippen LogP contribution >= 0.6 is 0 Å². The van der Waals surface area contributed by atoms with Gasteiger partial charge in [0.05, 0.1) is 12.7 Å². The minimum Gasteiger partial charge on any atom is -0.367 e. The minimum absolute atomic E-state index is 0.725. The summed E-state index contributed by atoms with van der Waals surface area (Å²) in [6.07, 6.45) is 3.48. The third kappa shape index (κ3) is 1.99. The molecule has 0 bridgehead atoms. The van der Waals surface area contributed by atoms with E-state index in [1.54, 1.807) is 15.4 Å². The number of aromatic nitrogens is 7. The Hall–Kier alpha value is -2.51. The summed E-state index contributed by atoms with van der Waals surface area (Å²) in [5.41, 5.74) is 0.745. The highest BCUT2D eigenvalue weighted by atomic mass is 15.4. The molecule has 0 aromatic carbocycles. The molecule has 3 aromatic heterocycles. The topological polar surface area (TPSA) is 85.8 Å². The van der Waals surface area contributed by atoms with Crippen LogP contribution in [0.15, 0.2) is 24.5 Å². The van der Waals surface area contributed by atoms with Crippen LogP contribution in [0.3, 0.4) is 0 Å². The number of fused-ring (bicyclic) bond motifs is 1. The Balaban J connectivity index is 1.69. The molecule has 0 aliphatic rings. The molecule has 0 aliphatic heterocycles. The second-order valence-electron chi connectivity index (χ2n) is 3.83. The number of rotatable bonds is 4. The summed E-state index contributed by atoms with van der Waals surface area (Å²) < 4.78 is 3.47. The molecule has 8 heteroatoms. The summed E-state index contributed by atoms with van der Waals surface area (Å²) in [7, 11) is 0. The molecule has 0 atom stereocenters. The molecule has 0 saturated heterocycles. The highest BCUT2D eigenvalue weighted by molar-refractivity contribution is 5.43. The van der Waals surface area contributed by atoms with Crippen LogP contribution in [0.4, 0.5) is 5.82 Å². The van der Waals surface area contributed by atoms with Crippen LogP contribution in [-0.2, 0) is 6.54 Å². The summed E-state index contributed by atoms with van der Waals surface area (Å²) >= 11 is 0. The second-order valence-corrected chi connectivity index (χ2v) is 3.83. The Labute approximate surface area is 103 Å². The van der Waals surface area contributed by atoms with Crippen molar-refractivity contribution < 1.29 is 0 Å². The first-order chi connectivity index (χ1) is 8.83. The monoisotopic (exact) mass is 244 g/mol. The highest BCUT2D eigenvalue weighted by Crippen LogP contribution is 2.06. The van der Waals surface area contributed by atoms with Crippen molar-refractivity contribution in [3.05, 3.63) is 30.4 Å². The van der Waals surface area contributed by atoms with Crippen LogP contribution in [-0.4, -0.2) is 41.4 Å². The average molecular weight is 244 g/mol. The molecule has 3 heterocycles. The Kier molecular flexibility index (Phi) is 2.60. The minimum atomic E-state index is 0.725. The average Bonchev–Trinajstić information content (AvgIpc) is 3.01. The molecule has 3 aromatic rings. The molecular weight excluding hydrogens is 232 g/mol. The van der Waals surface area contributed by atoms with Gasteiger partial charge in [-0.15, -0.1) is 20.4 Å². The standard InChI is InChI=1S/C10H12N8/c1-8-13-14-10-3-2-9(15-18(8)10)11-4-6-17-7-5-12-16-17/h2-3,5,7H,4,6H2,1H3,(H,11,15). The van der Waals surface area contributed by atoms with Crippen molar-refractivity contribution in [1.82, 2.24) is 34.8 Å². The molecule has 0 fully saturated rings. The molecule has 92 valence electrons. The lowest BCUT2D eigenvalue weighted by atomic mass is 10.5. The smallest absolute Gasteiger partial charge is 0.178 e. The van der Waals surface area contributed by atoms with Crippen molar-refractivity contribution in [3.63, 3.8) is 0 Å². The molecule has 0 saturated carbocycles. The van der Waals surface area contributed by atoms with E-state index in [2.05, 4.69) is 30.9 Å². The third-order valence-electron chi connectivity index (χ3n) is 2.54. The summed E-state index contributed by atoms with van der Waals surface area (Å²) in [6, 6.07) is 3.76. The number of hydrogen-bond acceptors (Lipinski definition) is 6. The molecule has 0 aliphatic carbocycles. The zero-order valence-electron chi connectivity index (χ0n) is 9.85. The first-order valence-electron chi connectivity index (χ1n) is 5.60. The van der Waals surface area contributed by atoms with Crippen LogP contribution in [0.5, 0.6) is 0 Å². The molecule has 0 unspecified atom stereocenters. The van der Waals surface area contributed by atoms with Crippen LogP contribution in [0, 0.1) is 6.92 Å². The fourth-order valence-electron chi connectivity index (χ4n) is 1.64. The molecule has 1 N–H and O–H groups in total. The van der Waals surface area contributed by atoms with Crippen molar-refractivity contribution in [2.24, 2.45) is 0 Å². The summed E-state index contributed by atoms with van der Waals surface area (Å²) in [5, 5.41) is 23.2. The van der Waals surface area contributed by atoms with E-state index in [0.717, 1.165) is 30.4 Å². The number of anilines is 1. The van der Waals surface area contributed by atoms with E-state index in [-0.39, 0.29) is 0 Å². The molecule has 0 radical (unpaired) electrons. The van der Waals surface area contributed by atoms with E-state index in [4.69, 9.17) is 0 Å². The van der Waals surface area contributed by atoms with E-state index in [9.17, 15) is 0 Å². The zero-order chi connectivity index (χ0) is 12.4. The molecule has 0 spiro atoms. The van der Waals surface area contributed by atoms with Crippen molar-refractivity contribution >= 4 is 11.5 Å². The van der Waals surface area contributed by atoms with E-state index >= 15 is 0 Å². The lowest BCUT2D eigenvalue weighted by molar-refractivity contribution is 0.607. The molecule has 18 heavy (non-hydrogen) atoms.